The molecule has 0 saturated heterocycles. The predicted octanol–water partition coefficient (Wildman–Crippen LogP) is 21.9. The minimum atomic E-state index is -0.814. The van der Waals surface area contributed by atoms with Gasteiger partial charge in [-0.15, -0.1) is 0 Å². The minimum Gasteiger partial charge on any atom is -0.462 e. The second kappa shape index (κ2) is 64.8. The number of unbranched alkanes of at least 4 members (excludes halogenated alkanes) is 21. The van der Waals surface area contributed by atoms with Gasteiger partial charge in [-0.1, -0.05) is 276 Å². The molecule has 0 spiro atoms. The SMILES string of the molecule is CC/C=C\C/C=C\C/C=C\C/C=C\C/C=C\C/C=C\C/C=C\C/C=C\C/C=C\CCCC(=O)OCC(COC(=O)CCCCCCCCCCCCCC)OC(=O)CCCCCCCC/C=C\C/C=C\C/C=C\CCCCC. The molecule has 0 aliphatic carbocycles. The van der Waals surface area contributed by atoms with E-state index in [0.717, 1.165) is 128 Å². The van der Waals surface area contributed by atoms with Crippen molar-refractivity contribution in [3.63, 3.8) is 0 Å². The van der Waals surface area contributed by atoms with Crippen molar-refractivity contribution >= 4 is 17.9 Å². The zero-order valence-electron chi connectivity index (χ0n) is 50.4. The number of carbonyl (C=O) groups excluding carboxylic acids is 3. The number of allylic oxidation sites excluding steroid dienone is 24. The minimum absolute atomic E-state index is 0.104. The second-order valence-corrected chi connectivity index (χ2v) is 20.6. The molecule has 0 aromatic carbocycles. The Morgan fingerprint density at radius 2 is 0.513 bits per heavy atom. The van der Waals surface area contributed by atoms with Crippen LogP contribution in [0.5, 0.6) is 0 Å². The Labute approximate surface area is 480 Å². The van der Waals surface area contributed by atoms with Gasteiger partial charge in [0.05, 0.1) is 0 Å². The summed E-state index contributed by atoms with van der Waals surface area (Å²) in [6.07, 6.45) is 92.8. The lowest BCUT2D eigenvalue weighted by Crippen LogP contribution is -2.30. The van der Waals surface area contributed by atoms with E-state index < -0.39 is 6.10 Å². The summed E-state index contributed by atoms with van der Waals surface area (Å²) in [6.45, 7) is 6.44. The maximum Gasteiger partial charge on any atom is 0.306 e. The van der Waals surface area contributed by atoms with Crippen molar-refractivity contribution in [2.75, 3.05) is 13.2 Å². The molecule has 6 heteroatoms. The Morgan fingerprint density at radius 1 is 0.269 bits per heavy atom. The van der Waals surface area contributed by atoms with Gasteiger partial charge in [-0.05, 0) is 122 Å². The number of rotatable bonds is 56. The van der Waals surface area contributed by atoms with Crippen LogP contribution in [0.1, 0.15) is 271 Å². The highest BCUT2D eigenvalue weighted by molar-refractivity contribution is 5.71. The van der Waals surface area contributed by atoms with Crippen molar-refractivity contribution in [2.45, 2.75) is 277 Å². The zero-order chi connectivity index (χ0) is 56.4. The molecule has 0 aromatic rings. The van der Waals surface area contributed by atoms with Gasteiger partial charge in [0.1, 0.15) is 13.2 Å². The van der Waals surface area contributed by atoms with Crippen LogP contribution in [-0.4, -0.2) is 37.2 Å². The normalized spacial score (nSPS) is 13.1. The predicted molar refractivity (Wildman–Crippen MR) is 339 cm³/mol. The van der Waals surface area contributed by atoms with E-state index in [9.17, 15) is 14.4 Å². The highest BCUT2D eigenvalue weighted by atomic mass is 16.6. The lowest BCUT2D eigenvalue weighted by Gasteiger charge is -2.18. The third-order valence-electron chi connectivity index (χ3n) is 13.1. The summed E-state index contributed by atoms with van der Waals surface area (Å²) < 4.78 is 16.8. The van der Waals surface area contributed by atoms with Crippen LogP contribution >= 0.6 is 0 Å². The molecule has 1 atom stereocenters. The number of ether oxygens (including phenoxy) is 3. The van der Waals surface area contributed by atoms with Crippen molar-refractivity contribution < 1.29 is 28.6 Å². The lowest BCUT2D eigenvalue weighted by atomic mass is 10.0. The van der Waals surface area contributed by atoms with Crippen molar-refractivity contribution in [1.29, 1.82) is 0 Å². The molecule has 0 fully saturated rings. The van der Waals surface area contributed by atoms with E-state index in [0.29, 0.717) is 19.3 Å². The van der Waals surface area contributed by atoms with Gasteiger partial charge in [0.15, 0.2) is 6.10 Å². The fourth-order valence-electron chi connectivity index (χ4n) is 8.33. The van der Waals surface area contributed by atoms with E-state index in [-0.39, 0.29) is 37.5 Å². The molecule has 440 valence electrons. The van der Waals surface area contributed by atoms with Gasteiger partial charge < -0.3 is 14.2 Å². The molecule has 0 N–H and O–H groups in total. The third kappa shape index (κ3) is 62.1. The smallest absolute Gasteiger partial charge is 0.306 e. The molecule has 1 unspecified atom stereocenters. The van der Waals surface area contributed by atoms with Crippen LogP contribution < -0.4 is 0 Å². The molecule has 0 rings (SSSR count). The molecule has 0 aliphatic heterocycles. The summed E-state index contributed by atoms with van der Waals surface area (Å²) in [6, 6.07) is 0. The molecule has 0 bridgehead atoms. The average molecular weight is 1080 g/mol. The van der Waals surface area contributed by atoms with Gasteiger partial charge in [-0.25, -0.2) is 0 Å². The fourth-order valence-corrected chi connectivity index (χ4v) is 8.33. The van der Waals surface area contributed by atoms with Crippen LogP contribution in [-0.2, 0) is 28.6 Å². The van der Waals surface area contributed by atoms with Gasteiger partial charge >= 0.3 is 17.9 Å². The molecule has 0 aliphatic rings. The molecule has 0 amide bonds. The van der Waals surface area contributed by atoms with Gasteiger partial charge in [0.25, 0.3) is 0 Å². The van der Waals surface area contributed by atoms with E-state index in [1.165, 1.54) is 96.3 Å². The van der Waals surface area contributed by atoms with Crippen LogP contribution in [0, 0.1) is 0 Å². The average Bonchev–Trinajstić information content (AvgIpc) is 3.44. The van der Waals surface area contributed by atoms with Gasteiger partial charge in [-0.2, -0.15) is 0 Å². The monoisotopic (exact) mass is 1080 g/mol. The molecule has 0 aromatic heterocycles. The number of carbonyl (C=O) groups is 3. The number of hydrogen-bond acceptors (Lipinski definition) is 6. The molecule has 0 saturated carbocycles. The molecule has 0 radical (unpaired) electrons. The van der Waals surface area contributed by atoms with Crippen LogP contribution in [0.4, 0.5) is 0 Å². The Hall–Kier alpha value is -4.71. The Kier molecular flexibility index (Phi) is 60.9. The van der Waals surface area contributed by atoms with Crippen molar-refractivity contribution in [3.05, 3.63) is 146 Å². The van der Waals surface area contributed by atoms with E-state index in [4.69, 9.17) is 14.2 Å². The first kappa shape index (κ1) is 73.3. The summed E-state index contributed by atoms with van der Waals surface area (Å²) >= 11 is 0. The maximum absolute atomic E-state index is 12.9. The van der Waals surface area contributed by atoms with Crippen LogP contribution in [0.2, 0.25) is 0 Å². The number of esters is 3. The van der Waals surface area contributed by atoms with E-state index in [1.54, 1.807) is 0 Å². The van der Waals surface area contributed by atoms with Crippen molar-refractivity contribution in [2.24, 2.45) is 0 Å². The lowest BCUT2D eigenvalue weighted by molar-refractivity contribution is -0.167. The maximum atomic E-state index is 12.9. The van der Waals surface area contributed by atoms with Gasteiger partial charge in [0.2, 0.25) is 0 Å². The van der Waals surface area contributed by atoms with E-state index >= 15 is 0 Å². The summed E-state index contributed by atoms with van der Waals surface area (Å²) in [5.41, 5.74) is 0. The summed E-state index contributed by atoms with van der Waals surface area (Å²) in [5.74, 6) is -0.980. The van der Waals surface area contributed by atoms with Crippen molar-refractivity contribution in [1.82, 2.24) is 0 Å². The van der Waals surface area contributed by atoms with Crippen LogP contribution in [0.3, 0.4) is 0 Å². The highest BCUT2D eigenvalue weighted by Gasteiger charge is 2.19. The first-order chi connectivity index (χ1) is 38.5. The van der Waals surface area contributed by atoms with Crippen molar-refractivity contribution in [3.8, 4) is 0 Å². The summed E-state index contributed by atoms with van der Waals surface area (Å²) in [4.78, 5) is 38.2. The third-order valence-corrected chi connectivity index (χ3v) is 13.1. The Bertz CT molecular complexity index is 1710. The zero-order valence-corrected chi connectivity index (χ0v) is 50.4. The van der Waals surface area contributed by atoms with Gasteiger partial charge in [0, 0.05) is 19.3 Å². The quantitative estimate of drug-likeness (QED) is 0.0261. The second-order valence-electron chi connectivity index (χ2n) is 20.6. The largest absolute Gasteiger partial charge is 0.462 e. The molecule has 6 nitrogen and oxygen atoms in total. The standard InChI is InChI=1S/C72H116O6/c1-4-7-10-13-16-19-22-25-27-29-31-32-33-34-35-36-37-38-39-40-42-43-45-47-50-53-56-59-62-65-71(74)77-68-69(67-76-70(73)64-61-58-55-52-49-24-21-18-15-12-9-6-3)78-72(75)66-63-60-57-54-51-48-46-44-41-30-28-26-23-20-17-14-11-8-5-2/h7,10,16-17,19-20,25-28,31-32,34-35,37-38,40-42,44-45,47,53,56,69H,4-6,8-9,11-15,18,21-24,29-30,33,36,39,43,46,48-52,54-55,57-68H2,1-3H3/b10-7-,19-16-,20-17-,27-25-,28-26-,32-31-,35-34-,38-37-,42-40-,44-41-,47-45-,56-53-. The Morgan fingerprint density at radius 3 is 0.859 bits per heavy atom. The molecular weight excluding hydrogens is 961 g/mol. The van der Waals surface area contributed by atoms with E-state index in [2.05, 4.69) is 167 Å². The van der Waals surface area contributed by atoms with Gasteiger partial charge in [-0.3, -0.25) is 14.4 Å². The van der Waals surface area contributed by atoms with Crippen LogP contribution in [0.15, 0.2) is 146 Å². The molecular formula is C72H116O6. The van der Waals surface area contributed by atoms with Crippen LogP contribution in [0.25, 0.3) is 0 Å². The molecule has 78 heavy (non-hydrogen) atoms. The summed E-state index contributed by atoms with van der Waals surface area (Å²) in [7, 11) is 0. The summed E-state index contributed by atoms with van der Waals surface area (Å²) in [5, 5.41) is 0. The first-order valence-electron chi connectivity index (χ1n) is 31.8. The van der Waals surface area contributed by atoms with E-state index in [1.807, 2.05) is 0 Å². The Balaban J connectivity index is 4.46. The highest BCUT2D eigenvalue weighted by Crippen LogP contribution is 2.15. The molecule has 0 heterocycles. The fraction of sp³-hybridized carbons (Fsp3) is 0.625. The number of hydrogen-bond donors (Lipinski definition) is 0. The topological polar surface area (TPSA) is 78.9 Å². The first-order valence-corrected chi connectivity index (χ1v) is 31.8.